The van der Waals surface area contributed by atoms with E-state index < -0.39 is 0 Å². The van der Waals surface area contributed by atoms with Crippen LogP contribution in [0.2, 0.25) is 0 Å². The third-order valence-electron chi connectivity index (χ3n) is 5.38. The zero-order valence-corrected chi connectivity index (χ0v) is 17.7. The molecule has 1 aromatic heterocycles. The second kappa shape index (κ2) is 7.41. The summed E-state index contributed by atoms with van der Waals surface area (Å²) >= 11 is 0.986. The van der Waals surface area contributed by atoms with Gasteiger partial charge in [0.05, 0.1) is 10.6 Å². The van der Waals surface area contributed by atoms with Gasteiger partial charge in [-0.05, 0) is 86.5 Å². The van der Waals surface area contributed by atoms with E-state index in [1.54, 1.807) is 12.1 Å². The molecule has 3 aromatic rings. The Hall–Kier alpha value is -3.05. The highest BCUT2D eigenvalue weighted by Gasteiger charge is 2.36. The van der Waals surface area contributed by atoms with Crippen molar-refractivity contribution in [2.24, 2.45) is 0 Å². The third kappa shape index (κ3) is 3.32. The van der Waals surface area contributed by atoms with Crippen LogP contribution in [-0.2, 0) is 4.79 Å². The lowest BCUT2D eigenvalue weighted by Crippen LogP contribution is -2.27. The number of benzene rings is 2. The summed E-state index contributed by atoms with van der Waals surface area (Å²) in [5.74, 6) is -0.275. The van der Waals surface area contributed by atoms with Crippen molar-refractivity contribution in [1.29, 1.82) is 0 Å². The number of thioether (sulfide) groups is 1. The highest BCUT2D eigenvalue weighted by Crippen LogP contribution is 2.36. The van der Waals surface area contributed by atoms with Crippen molar-refractivity contribution in [2.45, 2.75) is 27.7 Å². The zero-order chi connectivity index (χ0) is 20.7. The average molecular weight is 403 g/mol. The van der Waals surface area contributed by atoms with Gasteiger partial charge in [-0.15, -0.1) is 0 Å². The number of nitrogens with zero attached hydrogens (tertiary/aromatic N) is 2. The normalized spacial score (nSPS) is 15.6. The minimum atomic E-state index is -0.275. The van der Waals surface area contributed by atoms with Crippen molar-refractivity contribution in [3.05, 3.63) is 87.6 Å². The Labute approximate surface area is 174 Å². The summed E-state index contributed by atoms with van der Waals surface area (Å²) in [6, 6.07) is 17.4. The van der Waals surface area contributed by atoms with Gasteiger partial charge in [0.1, 0.15) is 0 Å². The molecule has 0 atom stereocenters. The molecule has 1 saturated heterocycles. The highest BCUT2D eigenvalue weighted by atomic mass is 32.2. The number of aryl methyl sites for hydroxylation is 2. The highest BCUT2D eigenvalue weighted by molar-refractivity contribution is 8.19. The first-order chi connectivity index (χ1) is 13.9. The van der Waals surface area contributed by atoms with Crippen molar-refractivity contribution in [1.82, 2.24) is 4.57 Å². The molecule has 4 rings (SSSR count). The summed E-state index contributed by atoms with van der Waals surface area (Å²) in [7, 11) is 0. The number of rotatable bonds is 3. The number of carbonyl (C=O) groups is 2. The predicted molar refractivity (Wildman–Crippen MR) is 120 cm³/mol. The SMILES string of the molecule is Cc1cccc(-n2c(C)cc(/C=C3/SC(=O)N(c4ccccc4)C3=O)c2C)c1C. The number of hydrogen-bond donors (Lipinski definition) is 0. The molecule has 2 heterocycles. The molecular weight excluding hydrogens is 380 g/mol. The lowest BCUT2D eigenvalue weighted by atomic mass is 10.1. The maximum atomic E-state index is 12.9. The first-order valence-corrected chi connectivity index (χ1v) is 10.3. The van der Waals surface area contributed by atoms with Crippen molar-refractivity contribution < 1.29 is 9.59 Å². The van der Waals surface area contributed by atoms with Gasteiger partial charge in [-0.2, -0.15) is 0 Å². The first-order valence-electron chi connectivity index (χ1n) is 9.47. The van der Waals surface area contributed by atoms with E-state index >= 15 is 0 Å². The van der Waals surface area contributed by atoms with Crippen LogP contribution in [0.4, 0.5) is 10.5 Å². The van der Waals surface area contributed by atoms with Gasteiger partial charge in [-0.25, -0.2) is 4.90 Å². The Balaban J connectivity index is 1.74. The first kappa shape index (κ1) is 19.3. The van der Waals surface area contributed by atoms with Gasteiger partial charge in [0.2, 0.25) is 0 Å². The molecular formula is C24H22N2O2S. The standard InChI is InChI=1S/C24H22N2O2S/c1-15-9-8-12-21(17(15)3)25-16(2)13-19(18(25)4)14-22-23(27)26(24(28)29-22)20-10-6-5-7-11-20/h5-14H,1-4H3/b22-14+. The summed E-state index contributed by atoms with van der Waals surface area (Å²) in [5, 5.41) is -0.268. The second-order valence-electron chi connectivity index (χ2n) is 7.23. The fraction of sp³-hybridized carbons (Fsp3) is 0.167. The molecule has 5 heteroatoms. The second-order valence-corrected chi connectivity index (χ2v) is 8.23. The average Bonchev–Trinajstić information content (AvgIpc) is 3.13. The van der Waals surface area contributed by atoms with Crippen LogP contribution in [0, 0.1) is 27.7 Å². The van der Waals surface area contributed by atoms with Gasteiger partial charge in [-0.3, -0.25) is 9.59 Å². The number of amides is 2. The number of carbonyl (C=O) groups excluding carboxylic acids is 2. The molecule has 29 heavy (non-hydrogen) atoms. The number of anilines is 1. The van der Waals surface area contributed by atoms with Gasteiger partial charge >= 0.3 is 0 Å². The maximum absolute atomic E-state index is 12.9. The Morgan fingerprint density at radius 3 is 2.34 bits per heavy atom. The van der Waals surface area contributed by atoms with E-state index in [4.69, 9.17) is 0 Å². The number of imide groups is 1. The van der Waals surface area contributed by atoms with E-state index in [1.165, 1.54) is 16.0 Å². The van der Waals surface area contributed by atoms with E-state index in [2.05, 4.69) is 49.6 Å². The zero-order valence-electron chi connectivity index (χ0n) is 16.9. The minimum Gasteiger partial charge on any atom is -0.318 e. The molecule has 0 radical (unpaired) electrons. The van der Waals surface area contributed by atoms with E-state index in [0.717, 1.165) is 34.4 Å². The molecule has 1 aliphatic heterocycles. The monoisotopic (exact) mass is 402 g/mol. The fourth-order valence-corrected chi connectivity index (χ4v) is 4.52. The van der Waals surface area contributed by atoms with E-state index in [1.807, 2.05) is 31.2 Å². The predicted octanol–water partition coefficient (Wildman–Crippen LogP) is 5.95. The van der Waals surface area contributed by atoms with Gasteiger partial charge in [-0.1, -0.05) is 30.3 Å². The van der Waals surface area contributed by atoms with Crippen molar-refractivity contribution in [3.8, 4) is 5.69 Å². The summed E-state index contributed by atoms with van der Waals surface area (Å²) in [6.07, 6.45) is 1.83. The van der Waals surface area contributed by atoms with Crippen LogP contribution in [0.1, 0.15) is 28.1 Å². The molecule has 0 spiro atoms. The quantitative estimate of drug-likeness (QED) is 0.508. The number of hydrogen-bond acceptors (Lipinski definition) is 3. The molecule has 0 N–H and O–H groups in total. The number of para-hydroxylation sites is 1. The van der Waals surface area contributed by atoms with Crippen LogP contribution in [-0.4, -0.2) is 15.7 Å². The van der Waals surface area contributed by atoms with Crippen molar-refractivity contribution in [3.63, 3.8) is 0 Å². The third-order valence-corrected chi connectivity index (χ3v) is 6.25. The molecule has 0 unspecified atom stereocenters. The molecule has 0 aliphatic carbocycles. The summed E-state index contributed by atoms with van der Waals surface area (Å²) in [6.45, 7) is 8.33. The molecule has 146 valence electrons. The van der Waals surface area contributed by atoms with Crippen LogP contribution in [0.3, 0.4) is 0 Å². The Bertz CT molecular complexity index is 1160. The molecule has 2 amide bonds. The maximum Gasteiger partial charge on any atom is 0.298 e. The minimum absolute atomic E-state index is 0.268. The Morgan fingerprint density at radius 2 is 1.62 bits per heavy atom. The molecule has 0 saturated carbocycles. The molecule has 1 aliphatic rings. The molecule has 0 bridgehead atoms. The largest absolute Gasteiger partial charge is 0.318 e. The summed E-state index contributed by atoms with van der Waals surface area (Å²) in [4.78, 5) is 27.1. The van der Waals surface area contributed by atoms with Gasteiger partial charge in [0.25, 0.3) is 11.1 Å². The van der Waals surface area contributed by atoms with Gasteiger partial charge < -0.3 is 4.57 Å². The summed E-state index contributed by atoms with van der Waals surface area (Å²) in [5.41, 5.74) is 7.27. The van der Waals surface area contributed by atoms with Crippen LogP contribution in [0.25, 0.3) is 11.8 Å². The fourth-order valence-electron chi connectivity index (χ4n) is 3.69. The van der Waals surface area contributed by atoms with Gasteiger partial charge in [0, 0.05) is 17.1 Å². The topological polar surface area (TPSA) is 42.3 Å². The lowest BCUT2D eigenvalue weighted by molar-refractivity contribution is -0.113. The van der Waals surface area contributed by atoms with Crippen LogP contribution in [0.15, 0.2) is 59.5 Å². The Morgan fingerprint density at radius 1 is 0.897 bits per heavy atom. The summed E-state index contributed by atoms with van der Waals surface area (Å²) < 4.78 is 2.20. The van der Waals surface area contributed by atoms with Crippen molar-refractivity contribution >= 4 is 34.7 Å². The lowest BCUT2D eigenvalue weighted by Gasteiger charge is -2.14. The van der Waals surface area contributed by atoms with Gasteiger partial charge in [0.15, 0.2) is 0 Å². The molecule has 1 fully saturated rings. The smallest absolute Gasteiger partial charge is 0.298 e. The van der Waals surface area contributed by atoms with E-state index in [9.17, 15) is 9.59 Å². The van der Waals surface area contributed by atoms with E-state index in [0.29, 0.717) is 10.6 Å². The van der Waals surface area contributed by atoms with Crippen LogP contribution in [0.5, 0.6) is 0 Å². The number of aromatic nitrogens is 1. The van der Waals surface area contributed by atoms with Crippen LogP contribution < -0.4 is 4.90 Å². The Kier molecular flexibility index (Phi) is 4.92. The van der Waals surface area contributed by atoms with Crippen LogP contribution >= 0.6 is 11.8 Å². The van der Waals surface area contributed by atoms with E-state index in [-0.39, 0.29) is 11.1 Å². The molecule has 4 nitrogen and oxygen atoms in total. The van der Waals surface area contributed by atoms with Crippen molar-refractivity contribution in [2.75, 3.05) is 4.90 Å². The molecule has 2 aromatic carbocycles.